The number of aryl methyl sites for hydroxylation is 1. The highest BCUT2D eigenvalue weighted by Gasteiger charge is 2.28. The molecule has 1 N–H and O–H groups in total. The molecule has 0 aliphatic heterocycles. The quantitative estimate of drug-likeness (QED) is 0.529. The lowest BCUT2D eigenvalue weighted by Gasteiger charge is -2.11. The Morgan fingerprint density at radius 3 is 1.64 bits per heavy atom. The molecule has 0 unspecified atom stereocenters. The van der Waals surface area contributed by atoms with Crippen molar-refractivity contribution in [2.24, 2.45) is 0 Å². The van der Waals surface area contributed by atoms with Gasteiger partial charge in [0.05, 0.1) is 4.90 Å². The van der Waals surface area contributed by atoms with Gasteiger partial charge in [-0.2, -0.15) is 0 Å². The number of halogens is 5. The number of sulfonamides is 1. The molecule has 9 heteroatoms. The number of benzene rings is 2. The highest BCUT2D eigenvalue weighted by molar-refractivity contribution is 7.92. The molecule has 0 aromatic heterocycles. The van der Waals surface area contributed by atoms with E-state index >= 15 is 0 Å². The van der Waals surface area contributed by atoms with Crippen LogP contribution in [0.4, 0.5) is 27.6 Å². The minimum absolute atomic E-state index is 0.387. The molecule has 0 amide bonds. The topological polar surface area (TPSA) is 46.2 Å². The lowest BCUT2D eigenvalue weighted by Crippen LogP contribution is -2.17. The second-order valence-corrected chi connectivity index (χ2v) is 6.05. The Kier molecular flexibility index (Phi) is 4.10. The fourth-order valence-electron chi connectivity index (χ4n) is 1.61. The summed E-state index contributed by atoms with van der Waals surface area (Å²) >= 11 is 0. The first-order valence-electron chi connectivity index (χ1n) is 5.76. The predicted molar refractivity (Wildman–Crippen MR) is 68.2 cm³/mol. The molecule has 0 aliphatic carbocycles. The zero-order valence-corrected chi connectivity index (χ0v) is 11.7. The number of hydrogen-bond donors (Lipinski definition) is 1. The lowest BCUT2D eigenvalue weighted by atomic mass is 10.2. The fraction of sp³-hybridized carbons (Fsp3) is 0.0769. The number of anilines is 1. The van der Waals surface area contributed by atoms with Crippen LogP contribution in [0, 0.1) is 36.0 Å². The van der Waals surface area contributed by atoms with Crippen LogP contribution in [-0.4, -0.2) is 8.42 Å². The van der Waals surface area contributed by atoms with Gasteiger partial charge < -0.3 is 0 Å². The first-order valence-corrected chi connectivity index (χ1v) is 7.24. The second-order valence-electron chi connectivity index (χ2n) is 4.36. The molecule has 0 saturated carbocycles. The standard InChI is InChI=1S/C13H8F5NO2S/c1-6-2-4-7(5-3-6)22(20,21)19-13-11(17)9(15)8(14)10(16)12(13)18/h2-5,19H,1H3. The molecule has 0 fully saturated rings. The fourth-order valence-corrected chi connectivity index (χ4v) is 2.67. The van der Waals surface area contributed by atoms with E-state index in [0.717, 1.165) is 17.7 Å². The summed E-state index contributed by atoms with van der Waals surface area (Å²) in [5.74, 6) is -11.4. The highest BCUT2D eigenvalue weighted by atomic mass is 32.2. The van der Waals surface area contributed by atoms with Gasteiger partial charge >= 0.3 is 0 Å². The molecule has 0 radical (unpaired) electrons. The van der Waals surface area contributed by atoms with E-state index in [-0.39, 0.29) is 4.90 Å². The Morgan fingerprint density at radius 2 is 1.18 bits per heavy atom. The average molecular weight is 337 g/mol. The van der Waals surface area contributed by atoms with Crippen molar-refractivity contribution < 1.29 is 30.4 Å². The van der Waals surface area contributed by atoms with Crippen LogP contribution in [0.1, 0.15) is 5.56 Å². The summed E-state index contributed by atoms with van der Waals surface area (Å²) in [6.45, 7) is 1.67. The van der Waals surface area contributed by atoms with E-state index in [9.17, 15) is 30.4 Å². The van der Waals surface area contributed by atoms with Gasteiger partial charge in [0.15, 0.2) is 23.3 Å². The number of hydrogen-bond acceptors (Lipinski definition) is 2. The summed E-state index contributed by atoms with van der Waals surface area (Å²) in [5.41, 5.74) is -0.910. The zero-order chi connectivity index (χ0) is 16.7. The van der Waals surface area contributed by atoms with E-state index in [1.54, 1.807) is 6.92 Å². The Hall–Kier alpha value is -2.16. The molecule has 22 heavy (non-hydrogen) atoms. The van der Waals surface area contributed by atoms with Gasteiger partial charge in [-0.15, -0.1) is 0 Å². The van der Waals surface area contributed by atoms with Gasteiger partial charge in [-0.3, -0.25) is 4.72 Å². The Bertz CT molecular complexity index is 805. The number of rotatable bonds is 3. The molecule has 0 atom stereocenters. The van der Waals surface area contributed by atoms with Crippen molar-refractivity contribution in [2.45, 2.75) is 11.8 Å². The maximum atomic E-state index is 13.5. The Labute approximate surface area is 122 Å². The van der Waals surface area contributed by atoms with E-state index in [0.29, 0.717) is 0 Å². The molecule has 2 aromatic rings. The van der Waals surface area contributed by atoms with Crippen LogP contribution in [0.15, 0.2) is 29.2 Å². The van der Waals surface area contributed by atoms with Crippen LogP contribution < -0.4 is 4.72 Å². The van der Waals surface area contributed by atoms with Gasteiger partial charge in [-0.25, -0.2) is 30.4 Å². The third-order valence-electron chi connectivity index (χ3n) is 2.78. The summed E-state index contributed by atoms with van der Waals surface area (Å²) in [4.78, 5) is -0.387. The number of nitrogens with one attached hydrogen (secondary N) is 1. The van der Waals surface area contributed by atoms with Gasteiger partial charge in [-0.1, -0.05) is 17.7 Å². The van der Waals surface area contributed by atoms with Crippen LogP contribution in [0.25, 0.3) is 0 Å². The first kappa shape index (κ1) is 16.2. The van der Waals surface area contributed by atoms with Crippen LogP contribution >= 0.6 is 0 Å². The van der Waals surface area contributed by atoms with Gasteiger partial charge in [0.1, 0.15) is 5.69 Å². The largest absolute Gasteiger partial charge is 0.274 e. The third-order valence-corrected chi connectivity index (χ3v) is 4.14. The molecular weight excluding hydrogens is 329 g/mol. The van der Waals surface area contributed by atoms with Crippen molar-refractivity contribution in [3.8, 4) is 0 Å². The Balaban J connectivity index is 2.53. The molecule has 0 aliphatic rings. The van der Waals surface area contributed by atoms with Crippen molar-refractivity contribution in [1.82, 2.24) is 0 Å². The van der Waals surface area contributed by atoms with Crippen LogP contribution in [0.3, 0.4) is 0 Å². The molecule has 0 bridgehead atoms. The van der Waals surface area contributed by atoms with E-state index in [2.05, 4.69) is 0 Å². The maximum absolute atomic E-state index is 13.5. The lowest BCUT2D eigenvalue weighted by molar-refractivity contribution is 0.382. The van der Waals surface area contributed by atoms with Gasteiger partial charge in [0.2, 0.25) is 5.82 Å². The first-order chi connectivity index (χ1) is 10.1. The van der Waals surface area contributed by atoms with E-state index in [1.807, 2.05) is 0 Å². The SMILES string of the molecule is Cc1ccc(S(=O)(=O)Nc2c(F)c(F)c(F)c(F)c2F)cc1. The minimum atomic E-state index is -4.51. The predicted octanol–water partition coefficient (Wildman–Crippen LogP) is 3.49. The van der Waals surface area contributed by atoms with E-state index in [1.165, 1.54) is 16.9 Å². The van der Waals surface area contributed by atoms with Crippen LogP contribution in [0.5, 0.6) is 0 Å². The molecule has 118 valence electrons. The van der Waals surface area contributed by atoms with Crippen molar-refractivity contribution in [3.05, 3.63) is 58.9 Å². The summed E-state index contributed by atoms with van der Waals surface area (Å²) in [7, 11) is -4.51. The van der Waals surface area contributed by atoms with Crippen LogP contribution in [0.2, 0.25) is 0 Å². The Morgan fingerprint density at radius 1 is 0.773 bits per heavy atom. The normalized spacial score (nSPS) is 11.5. The summed E-state index contributed by atoms with van der Waals surface area (Å²) < 4.78 is 91.2. The smallest absolute Gasteiger partial charge is 0.262 e. The van der Waals surface area contributed by atoms with E-state index < -0.39 is 44.8 Å². The summed E-state index contributed by atoms with van der Waals surface area (Å²) in [6.07, 6.45) is 0. The molecule has 2 aromatic carbocycles. The van der Waals surface area contributed by atoms with Crippen LogP contribution in [-0.2, 0) is 10.0 Å². The minimum Gasteiger partial charge on any atom is -0.274 e. The third kappa shape index (κ3) is 2.76. The summed E-state index contributed by atoms with van der Waals surface area (Å²) in [6, 6.07) is 5.08. The van der Waals surface area contributed by atoms with E-state index in [4.69, 9.17) is 0 Å². The van der Waals surface area contributed by atoms with Gasteiger partial charge in [-0.05, 0) is 19.1 Å². The summed E-state index contributed by atoms with van der Waals surface area (Å²) in [5, 5.41) is 0. The zero-order valence-electron chi connectivity index (χ0n) is 10.9. The maximum Gasteiger partial charge on any atom is 0.262 e. The van der Waals surface area contributed by atoms with Gasteiger partial charge in [0, 0.05) is 0 Å². The highest BCUT2D eigenvalue weighted by Crippen LogP contribution is 2.29. The molecule has 0 heterocycles. The van der Waals surface area contributed by atoms with Crippen molar-refractivity contribution in [3.63, 3.8) is 0 Å². The van der Waals surface area contributed by atoms with Gasteiger partial charge in [0.25, 0.3) is 10.0 Å². The van der Waals surface area contributed by atoms with Crippen molar-refractivity contribution >= 4 is 15.7 Å². The monoisotopic (exact) mass is 337 g/mol. The average Bonchev–Trinajstić information content (AvgIpc) is 2.48. The molecule has 0 saturated heterocycles. The van der Waals surface area contributed by atoms with Crippen molar-refractivity contribution in [2.75, 3.05) is 4.72 Å². The molecule has 0 spiro atoms. The molecule has 3 nitrogen and oxygen atoms in total. The molecular formula is C13H8F5NO2S. The molecule has 2 rings (SSSR count). The van der Waals surface area contributed by atoms with Crippen molar-refractivity contribution in [1.29, 1.82) is 0 Å². The second kappa shape index (κ2) is 5.56.